The number of hydrogen-bond acceptors (Lipinski definition) is 6. The topological polar surface area (TPSA) is 110 Å². The predicted molar refractivity (Wildman–Crippen MR) is 172 cm³/mol. The summed E-state index contributed by atoms with van der Waals surface area (Å²) in [5, 5.41) is 24.2. The molecule has 44 heavy (non-hydrogen) atoms. The maximum Gasteiger partial charge on any atom is 0.251 e. The fourth-order valence-electron chi connectivity index (χ4n) is 5.75. The van der Waals surface area contributed by atoms with Gasteiger partial charge in [0.1, 0.15) is 11.8 Å². The number of nitrogens with one attached hydrogen (secondary N) is 1. The largest absolute Gasteiger partial charge is 0.507 e. The maximum atomic E-state index is 13.8. The van der Waals surface area contributed by atoms with Crippen molar-refractivity contribution in [2.24, 2.45) is 0 Å². The Hall–Kier alpha value is -4.22. The molecule has 2 atom stereocenters. The van der Waals surface area contributed by atoms with Crippen molar-refractivity contribution in [2.45, 2.75) is 77.8 Å². The van der Waals surface area contributed by atoms with Crippen molar-refractivity contribution in [2.75, 3.05) is 26.2 Å². The van der Waals surface area contributed by atoms with E-state index in [4.69, 9.17) is 0 Å². The third-order valence-corrected chi connectivity index (χ3v) is 8.37. The molecule has 2 aromatic carbocycles. The number of aromatic nitrogens is 1. The number of nitrogens with zero attached hydrogens (tertiary/aromatic N) is 4. The van der Waals surface area contributed by atoms with Crippen LogP contribution < -0.4 is 5.32 Å². The van der Waals surface area contributed by atoms with E-state index in [2.05, 4.69) is 21.3 Å². The average molecular weight is 596 g/mol. The third-order valence-electron chi connectivity index (χ3n) is 8.37. The lowest BCUT2D eigenvalue weighted by Crippen LogP contribution is -2.50. The number of aryl methyl sites for hydroxylation is 1. The summed E-state index contributed by atoms with van der Waals surface area (Å²) >= 11 is 0. The number of rotatable bonds is 7. The zero-order chi connectivity index (χ0) is 32.2. The summed E-state index contributed by atoms with van der Waals surface area (Å²) in [4.78, 5) is 35.7. The minimum atomic E-state index is -0.538. The molecule has 4 rings (SSSR count). The molecule has 0 bridgehead atoms. The molecule has 232 valence electrons. The molecule has 0 spiro atoms. The van der Waals surface area contributed by atoms with Gasteiger partial charge < -0.3 is 15.3 Å². The standard InChI is InChI=1S/C36H45N5O3/c1-24-27(14-11-15-38-24)31(23-37)40-16-18-41(19-17-40)32(42)22-30(25-12-9-8-10-13-25)39-34(44)26-20-28(35(2,3)4)33(43)29(21-26)36(5,6)7/h8-15,20-21,30-31,43H,16-19,22H2,1-7H3,(H,39,44). The first-order chi connectivity index (χ1) is 20.7. The first kappa shape index (κ1) is 32.7. The molecule has 1 aliphatic rings. The number of hydrogen-bond donors (Lipinski definition) is 2. The van der Waals surface area contributed by atoms with Crippen LogP contribution in [-0.2, 0) is 15.6 Å². The summed E-state index contributed by atoms with van der Waals surface area (Å²) < 4.78 is 0. The molecule has 0 aliphatic carbocycles. The summed E-state index contributed by atoms with van der Waals surface area (Å²) in [5.41, 5.74) is 3.67. The highest BCUT2D eigenvalue weighted by Gasteiger charge is 2.31. The van der Waals surface area contributed by atoms with Crippen LogP contribution in [0.5, 0.6) is 5.75 Å². The van der Waals surface area contributed by atoms with Crippen LogP contribution >= 0.6 is 0 Å². The number of benzene rings is 2. The molecule has 2 amide bonds. The van der Waals surface area contributed by atoms with Gasteiger partial charge in [-0.1, -0.05) is 77.9 Å². The SMILES string of the molecule is Cc1ncccc1C(C#N)N1CCN(C(=O)CC(NC(=O)c2cc(C(C)(C)C)c(O)c(C(C)(C)C)c2)c2ccccc2)CC1. The number of carbonyl (C=O) groups excluding carboxylic acids is 2. The molecule has 3 aromatic rings. The van der Waals surface area contributed by atoms with Gasteiger partial charge in [0.2, 0.25) is 5.91 Å². The van der Waals surface area contributed by atoms with Crippen LogP contribution in [0.3, 0.4) is 0 Å². The monoisotopic (exact) mass is 595 g/mol. The Morgan fingerprint density at radius 3 is 2.07 bits per heavy atom. The highest BCUT2D eigenvalue weighted by Crippen LogP contribution is 2.40. The van der Waals surface area contributed by atoms with E-state index in [1.54, 1.807) is 18.3 Å². The van der Waals surface area contributed by atoms with Crippen molar-refractivity contribution < 1.29 is 14.7 Å². The van der Waals surface area contributed by atoms with Gasteiger partial charge in [-0.2, -0.15) is 5.26 Å². The van der Waals surface area contributed by atoms with Gasteiger partial charge in [-0.15, -0.1) is 0 Å². The Kier molecular flexibility index (Phi) is 9.80. The summed E-state index contributed by atoms with van der Waals surface area (Å²) in [6.45, 7) is 16.1. The molecule has 1 fully saturated rings. The fourth-order valence-corrected chi connectivity index (χ4v) is 5.75. The van der Waals surface area contributed by atoms with E-state index in [0.29, 0.717) is 42.9 Å². The van der Waals surface area contributed by atoms with Gasteiger partial charge in [-0.25, -0.2) is 0 Å². The van der Waals surface area contributed by atoms with Crippen LogP contribution in [0.25, 0.3) is 0 Å². The predicted octanol–water partition coefficient (Wildman–Crippen LogP) is 5.96. The number of pyridine rings is 1. The van der Waals surface area contributed by atoms with Crippen molar-refractivity contribution in [3.8, 4) is 11.8 Å². The molecule has 2 N–H and O–H groups in total. The molecule has 0 saturated carbocycles. The lowest BCUT2D eigenvalue weighted by Gasteiger charge is -2.37. The van der Waals surface area contributed by atoms with E-state index in [-0.39, 0.29) is 34.8 Å². The second-order valence-corrected chi connectivity index (χ2v) is 13.7. The minimum Gasteiger partial charge on any atom is -0.507 e. The van der Waals surface area contributed by atoms with E-state index in [1.807, 2.05) is 95.8 Å². The molecule has 0 radical (unpaired) electrons. The minimum absolute atomic E-state index is 0.0543. The Morgan fingerprint density at radius 1 is 0.955 bits per heavy atom. The number of piperazine rings is 1. The van der Waals surface area contributed by atoms with Crippen molar-refractivity contribution in [1.29, 1.82) is 5.26 Å². The summed E-state index contributed by atoms with van der Waals surface area (Å²) in [7, 11) is 0. The number of amides is 2. The van der Waals surface area contributed by atoms with Crippen molar-refractivity contribution >= 4 is 11.8 Å². The van der Waals surface area contributed by atoms with Crippen molar-refractivity contribution in [1.82, 2.24) is 20.1 Å². The van der Waals surface area contributed by atoms with E-state index in [1.165, 1.54) is 0 Å². The molecule has 1 saturated heterocycles. The highest BCUT2D eigenvalue weighted by molar-refractivity contribution is 5.95. The molecule has 8 nitrogen and oxygen atoms in total. The zero-order valence-corrected chi connectivity index (χ0v) is 27.0. The first-order valence-corrected chi connectivity index (χ1v) is 15.3. The van der Waals surface area contributed by atoms with Gasteiger partial charge in [-0.05, 0) is 41.5 Å². The van der Waals surface area contributed by atoms with Crippen molar-refractivity contribution in [3.05, 3.63) is 94.3 Å². The van der Waals surface area contributed by atoms with Crippen LogP contribution in [0.2, 0.25) is 0 Å². The number of carbonyl (C=O) groups is 2. The normalized spacial score (nSPS) is 15.7. The summed E-state index contributed by atoms with van der Waals surface area (Å²) in [6.07, 6.45) is 1.83. The number of phenols is 1. The van der Waals surface area contributed by atoms with Gasteiger partial charge in [0.05, 0.1) is 18.5 Å². The van der Waals surface area contributed by atoms with Crippen LogP contribution in [0.1, 0.15) is 98.4 Å². The van der Waals surface area contributed by atoms with Crippen molar-refractivity contribution in [3.63, 3.8) is 0 Å². The van der Waals surface area contributed by atoms with Crippen LogP contribution in [-0.4, -0.2) is 57.9 Å². The smallest absolute Gasteiger partial charge is 0.251 e. The van der Waals surface area contributed by atoms with E-state index < -0.39 is 12.1 Å². The first-order valence-electron chi connectivity index (χ1n) is 15.3. The summed E-state index contributed by atoms with van der Waals surface area (Å²) in [6, 6.07) is 18.3. The molecule has 8 heteroatoms. The maximum absolute atomic E-state index is 13.8. The summed E-state index contributed by atoms with van der Waals surface area (Å²) in [5.74, 6) is -0.134. The Bertz CT molecular complexity index is 1490. The number of aromatic hydroxyl groups is 1. The molecule has 2 heterocycles. The molecule has 1 aliphatic heterocycles. The van der Waals surface area contributed by atoms with E-state index >= 15 is 0 Å². The second kappa shape index (κ2) is 13.2. The van der Waals surface area contributed by atoms with Gasteiger partial charge in [0.25, 0.3) is 5.91 Å². The Labute approximate surface area is 261 Å². The molecular weight excluding hydrogens is 550 g/mol. The van der Waals surface area contributed by atoms with Crippen LogP contribution in [0, 0.1) is 18.3 Å². The Balaban J connectivity index is 1.53. The molecular formula is C36H45N5O3. The third kappa shape index (κ3) is 7.46. The van der Waals surface area contributed by atoms with Crippen LogP contribution in [0.15, 0.2) is 60.8 Å². The average Bonchev–Trinajstić information content (AvgIpc) is 2.97. The molecule has 2 unspecified atom stereocenters. The number of nitriles is 1. The fraction of sp³-hybridized carbons (Fsp3) is 0.444. The van der Waals surface area contributed by atoms with Crippen LogP contribution in [0.4, 0.5) is 0 Å². The lowest BCUT2D eigenvalue weighted by atomic mass is 9.78. The lowest BCUT2D eigenvalue weighted by molar-refractivity contribution is -0.133. The Morgan fingerprint density at radius 2 is 1.55 bits per heavy atom. The highest BCUT2D eigenvalue weighted by atomic mass is 16.3. The van der Waals surface area contributed by atoms with E-state index in [0.717, 1.165) is 16.8 Å². The number of phenolic OH excluding ortho intramolecular Hbond substituents is 1. The molecule has 1 aromatic heterocycles. The quantitative estimate of drug-likeness (QED) is 0.349. The van der Waals surface area contributed by atoms with Gasteiger partial charge >= 0.3 is 0 Å². The van der Waals surface area contributed by atoms with Gasteiger partial charge in [0.15, 0.2) is 0 Å². The van der Waals surface area contributed by atoms with E-state index in [9.17, 15) is 20.0 Å². The van der Waals surface area contributed by atoms with Gasteiger partial charge in [-0.3, -0.25) is 19.5 Å². The zero-order valence-electron chi connectivity index (χ0n) is 27.0. The second-order valence-electron chi connectivity index (χ2n) is 13.7. The van der Waals surface area contributed by atoms with Gasteiger partial charge in [0, 0.05) is 60.3 Å².